The van der Waals surface area contributed by atoms with E-state index in [9.17, 15) is 0 Å². The molecule has 1 N–H and O–H groups in total. The van der Waals surface area contributed by atoms with Crippen LogP contribution in [0.1, 0.15) is 51.2 Å². The van der Waals surface area contributed by atoms with Gasteiger partial charge in [-0.2, -0.15) is 0 Å². The molecular weight excluding hydrogens is 234 g/mol. The minimum absolute atomic E-state index is 0.0301. The molecule has 1 fully saturated rings. The van der Waals surface area contributed by atoms with Crippen LogP contribution >= 0.6 is 0 Å². The van der Waals surface area contributed by atoms with Crippen molar-refractivity contribution in [3.8, 4) is 0 Å². The van der Waals surface area contributed by atoms with Crippen molar-refractivity contribution >= 4 is 0 Å². The fourth-order valence-electron chi connectivity index (χ4n) is 2.73. The number of aryl methyl sites for hydroxylation is 1. The smallest absolute Gasteiger partial charge is 0.0625 e. The Labute approximate surface area is 117 Å². The van der Waals surface area contributed by atoms with Gasteiger partial charge in [-0.1, -0.05) is 24.3 Å². The predicted molar refractivity (Wildman–Crippen MR) is 80.4 cm³/mol. The van der Waals surface area contributed by atoms with E-state index in [0.29, 0.717) is 0 Å². The molecule has 1 saturated heterocycles. The quantitative estimate of drug-likeness (QED) is 0.873. The molecule has 1 aliphatic rings. The largest absolute Gasteiger partial charge is 0.379 e. The van der Waals surface area contributed by atoms with Gasteiger partial charge in [0.05, 0.1) is 5.60 Å². The Kier molecular flexibility index (Phi) is 4.32. The Balaban J connectivity index is 1.99. The molecule has 2 nitrogen and oxygen atoms in total. The first kappa shape index (κ1) is 14.5. The molecule has 1 aromatic rings. The van der Waals surface area contributed by atoms with Gasteiger partial charge in [-0.05, 0) is 64.1 Å². The van der Waals surface area contributed by atoms with Crippen molar-refractivity contribution in [2.24, 2.45) is 0 Å². The molecule has 0 amide bonds. The first-order valence-corrected chi connectivity index (χ1v) is 7.35. The van der Waals surface area contributed by atoms with Crippen molar-refractivity contribution in [1.29, 1.82) is 0 Å². The minimum atomic E-state index is -0.0301. The third-order valence-electron chi connectivity index (χ3n) is 4.53. The van der Waals surface area contributed by atoms with E-state index >= 15 is 0 Å². The van der Waals surface area contributed by atoms with Crippen LogP contribution in [0.15, 0.2) is 24.3 Å². The lowest BCUT2D eigenvalue weighted by atomic mass is 9.89. The second kappa shape index (κ2) is 5.64. The molecule has 1 unspecified atom stereocenters. The maximum absolute atomic E-state index is 5.47. The average Bonchev–Trinajstić information content (AvgIpc) is 2.85. The summed E-state index contributed by atoms with van der Waals surface area (Å²) in [5, 5.41) is 3.61. The van der Waals surface area contributed by atoms with Gasteiger partial charge in [0.15, 0.2) is 0 Å². The first-order valence-electron chi connectivity index (χ1n) is 7.35. The van der Waals surface area contributed by atoms with Gasteiger partial charge in [0, 0.05) is 12.6 Å². The van der Waals surface area contributed by atoms with Gasteiger partial charge in [-0.15, -0.1) is 0 Å². The molecule has 2 rings (SSSR count). The molecule has 0 spiro atoms. The van der Waals surface area contributed by atoms with Crippen LogP contribution in [-0.4, -0.2) is 19.3 Å². The Morgan fingerprint density at radius 2 is 1.95 bits per heavy atom. The Hall–Kier alpha value is -0.860. The lowest BCUT2D eigenvalue weighted by Crippen LogP contribution is -2.33. The van der Waals surface area contributed by atoms with Gasteiger partial charge in [0.1, 0.15) is 0 Å². The van der Waals surface area contributed by atoms with Crippen molar-refractivity contribution in [3.05, 3.63) is 35.4 Å². The summed E-state index contributed by atoms with van der Waals surface area (Å²) in [5.74, 6) is 0. The van der Waals surface area contributed by atoms with E-state index in [1.54, 1.807) is 7.11 Å². The molecule has 1 heterocycles. The van der Waals surface area contributed by atoms with Crippen molar-refractivity contribution in [1.82, 2.24) is 5.32 Å². The summed E-state index contributed by atoms with van der Waals surface area (Å²) in [6, 6.07) is 9.11. The summed E-state index contributed by atoms with van der Waals surface area (Å²) in [5.41, 5.74) is 2.97. The normalized spacial score (nSPS) is 23.8. The molecule has 19 heavy (non-hydrogen) atoms. The first-order chi connectivity index (χ1) is 8.95. The molecule has 1 aliphatic heterocycles. The fourth-order valence-corrected chi connectivity index (χ4v) is 2.73. The van der Waals surface area contributed by atoms with Gasteiger partial charge < -0.3 is 10.1 Å². The molecule has 2 heteroatoms. The van der Waals surface area contributed by atoms with Gasteiger partial charge in [-0.25, -0.2) is 0 Å². The van der Waals surface area contributed by atoms with Gasteiger partial charge >= 0.3 is 0 Å². The lowest BCUT2D eigenvalue weighted by molar-refractivity contribution is 0.0158. The second-order valence-electron chi connectivity index (χ2n) is 6.52. The third-order valence-corrected chi connectivity index (χ3v) is 4.53. The number of hydrogen-bond acceptors (Lipinski definition) is 2. The van der Waals surface area contributed by atoms with Crippen LogP contribution in [0, 0.1) is 0 Å². The SMILES string of the molecule is COC(C)(C)CCc1ccc(C2(C)CCCN2)cc1. The maximum Gasteiger partial charge on any atom is 0.0625 e. The summed E-state index contributed by atoms with van der Waals surface area (Å²) in [6.45, 7) is 7.74. The summed E-state index contributed by atoms with van der Waals surface area (Å²) >= 11 is 0. The number of methoxy groups -OCH3 is 1. The van der Waals surface area contributed by atoms with Gasteiger partial charge in [-0.3, -0.25) is 0 Å². The Bertz CT molecular complexity index is 402. The maximum atomic E-state index is 5.47. The van der Waals surface area contributed by atoms with E-state index in [0.717, 1.165) is 19.4 Å². The second-order valence-corrected chi connectivity index (χ2v) is 6.52. The van der Waals surface area contributed by atoms with Crippen LogP contribution < -0.4 is 5.32 Å². The van der Waals surface area contributed by atoms with E-state index in [1.165, 1.54) is 24.0 Å². The molecule has 0 bridgehead atoms. The van der Waals surface area contributed by atoms with E-state index in [1.807, 2.05) is 0 Å². The zero-order valence-electron chi connectivity index (χ0n) is 12.8. The molecule has 1 aromatic carbocycles. The third kappa shape index (κ3) is 3.58. The zero-order valence-corrected chi connectivity index (χ0v) is 12.8. The van der Waals surface area contributed by atoms with Crippen molar-refractivity contribution in [3.63, 3.8) is 0 Å². The standard InChI is InChI=1S/C17H27NO/c1-16(2,19-4)12-10-14-6-8-15(9-7-14)17(3)11-5-13-18-17/h6-9,18H,5,10-13H2,1-4H3. The van der Waals surface area contributed by atoms with Crippen molar-refractivity contribution in [2.45, 2.75) is 57.6 Å². The van der Waals surface area contributed by atoms with E-state index in [2.05, 4.69) is 50.4 Å². The van der Waals surface area contributed by atoms with E-state index in [4.69, 9.17) is 4.74 Å². The van der Waals surface area contributed by atoms with Crippen LogP contribution in [-0.2, 0) is 16.7 Å². The van der Waals surface area contributed by atoms with Crippen molar-refractivity contribution in [2.75, 3.05) is 13.7 Å². The Morgan fingerprint density at radius 3 is 2.47 bits per heavy atom. The van der Waals surface area contributed by atoms with Crippen LogP contribution in [0.25, 0.3) is 0 Å². The number of benzene rings is 1. The summed E-state index contributed by atoms with van der Waals surface area (Å²) in [7, 11) is 1.79. The monoisotopic (exact) mass is 261 g/mol. The highest BCUT2D eigenvalue weighted by atomic mass is 16.5. The van der Waals surface area contributed by atoms with Crippen LogP contribution in [0.3, 0.4) is 0 Å². The van der Waals surface area contributed by atoms with Crippen LogP contribution in [0.4, 0.5) is 0 Å². The molecule has 0 aromatic heterocycles. The summed E-state index contributed by atoms with van der Waals surface area (Å²) in [4.78, 5) is 0. The number of hydrogen-bond donors (Lipinski definition) is 1. The van der Waals surface area contributed by atoms with Crippen LogP contribution in [0.5, 0.6) is 0 Å². The van der Waals surface area contributed by atoms with E-state index in [-0.39, 0.29) is 11.1 Å². The van der Waals surface area contributed by atoms with Crippen LogP contribution in [0.2, 0.25) is 0 Å². The molecule has 0 radical (unpaired) electrons. The molecule has 1 atom stereocenters. The highest BCUT2D eigenvalue weighted by molar-refractivity contribution is 5.29. The highest BCUT2D eigenvalue weighted by Crippen LogP contribution is 2.30. The molecular formula is C17H27NO. The molecule has 106 valence electrons. The number of ether oxygens (including phenoxy) is 1. The average molecular weight is 261 g/mol. The topological polar surface area (TPSA) is 21.3 Å². The Morgan fingerprint density at radius 1 is 1.26 bits per heavy atom. The highest BCUT2D eigenvalue weighted by Gasteiger charge is 2.29. The molecule has 0 saturated carbocycles. The summed E-state index contributed by atoms with van der Waals surface area (Å²) < 4.78 is 5.47. The number of nitrogens with one attached hydrogen (secondary N) is 1. The van der Waals surface area contributed by atoms with Crippen molar-refractivity contribution < 1.29 is 4.74 Å². The fraction of sp³-hybridized carbons (Fsp3) is 0.647. The van der Waals surface area contributed by atoms with Gasteiger partial charge in [0.2, 0.25) is 0 Å². The predicted octanol–water partition coefficient (Wildman–Crippen LogP) is 3.64. The molecule has 0 aliphatic carbocycles. The zero-order chi connectivity index (χ0) is 13.9. The lowest BCUT2D eigenvalue weighted by Gasteiger charge is -2.26. The summed E-state index contributed by atoms with van der Waals surface area (Å²) in [6.07, 6.45) is 4.65. The number of rotatable bonds is 5. The minimum Gasteiger partial charge on any atom is -0.379 e. The van der Waals surface area contributed by atoms with Gasteiger partial charge in [0.25, 0.3) is 0 Å². The van der Waals surface area contributed by atoms with E-state index < -0.39 is 0 Å².